The Labute approximate surface area is 104 Å². The third-order valence-electron chi connectivity index (χ3n) is 3.09. The van der Waals surface area contributed by atoms with Gasteiger partial charge in [0, 0.05) is 11.6 Å². The number of carbonyl (C=O) groups is 1. The smallest absolute Gasteiger partial charge is 0.326 e. The Balaban J connectivity index is 2.68. The number of nitrogens with zero attached hydrogens (tertiary/aromatic N) is 1. The highest BCUT2D eigenvalue weighted by atomic mass is 16.4. The molecule has 0 aliphatic heterocycles. The molecule has 1 unspecified atom stereocenters. The lowest BCUT2D eigenvalue weighted by atomic mass is 10.1. The van der Waals surface area contributed by atoms with Crippen LogP contribution in [0.1, 0.15) is 24.9 Å². The summed E-state index contributed by atoms with van der Waals surface area (Å²) in [4.78, 5) is 23.4. The minimum Gasteiger partial charge on any atom is -0.480 e. The molecule has 94 valence electrons. The number of carboxylic acids is 1. The molecule has 0 radical (unpaired) electrons. The second-order valence-corrected chi connectivity index (χ2v) is 4.38. The van der Waals surface area contributed by atoms with E-state index in [-0.39, 0.29) is 5.56 Å². The summed E-state index contributed by atoms with van der Waals surface area (Å²) in [5.41, 5.74) is 0.826. The standard InChI is InChI=1S/C14H15NO3/c1-3-12(14(17)18)15-7-6-10-8-9(2)4-5-11(10)13(15)16/h4-8,12H,3H2,1-2H3,(H,17,18). The van der Waals surface area contributed by atoms with Gasteiger partial charge < -0.3 is 9.67 Å². The van der Waals surface area contributed by atoms with Gasteiger partial charge in [-0.25, -0.2) is 4.79 Å². The number of benzene rings is 1. The molecule has 4 nitrogen and oxygen atoms in total. The highest BCUT2D eigenvalue weighted by Gasteiger charge is 2.18. The van der Waals surface area contributed by atoms with Crippen molar-refractivity contribution in [2.45, 2.75) is 26.3 Å². The second-order valence-electron chi connectivity index (χ2n) is 4.38. The summed E-state index contributed by atoms with van der Waals surface area (Å²) in [6, 6.07) is 6.51. The van der Waals surface area contributed by atoms with Gasteiger partial charge in [-0.3, -0.25) is 4.79 Å². The zero-order valence-corrected chi connectivity index (χ0v) is 10.4. The van der Waals surface area contributed by atoms with Gasteiger partial charge in [-0.15, -0.1) is 0 Å². The van der Waals surface area contributed by atoms with Crippen LogP contribution in [0.3, 0.4) is 0 Å². The second kappa shape index (κ2) is 4.64. The Kier molecular flexibility index (Phi) is 3.19. The maximum absolute atomic E-state index is 12.2. The molecule has 1 N–H and O–H groups in total. The minimum absolute atomic E-state index is 0.248. The topological polar surface area (TPSA) is 59.3 Å². The molecule has 0 aliphatic rings. The highest BCUT2D eigenvalue weighted by Crippen LogP contribution is 2.15. The van der Waals surface area contributed by atoms with Crippen LogP contribution in [-0.4, -0.2) is 15.6 Å². The van der Waals surface area contributed by atoms with E-state index in [1.807, 2.05) is 19.1 Å². The van der Waals surface area contributed by atoms with Crippen LogP contribution in [0.25, 0.3) is 10.8 Å². The van der Waals surface area contributed by atoms with Gasteiger partial charge in [0.05, 0.1) is 0 Å². The first-order valence-electron chi connectivity index (χ1n) is 5.89. The molecule has 1 aromatic heterocycles. The van der Waals surface area contributed by atoms with Crippen molar-refractivity contribution in [1.29, 1.82) is 0 Å². The number of hydrogen-bond donors (Lipinski definition) is 1. The van der Waals surface area contributed by atoms with E-state index in [0.29, 0.717) is 11.8 Å². The first-order chi connectivity index (χ1) is 8.54. The van der Waals surface area contributed by atoms with Crippen LogP contribution >= 0.6 is 0 Å². The number of aromatic nitrogens is 1. The van der Waals surface area contributed by atoms with E-state index in [0.717, 1.165) is 10.9 Å². The van der Waals surface area contributed by atoms with Crippen molar-refractivity contribution in [3.05, 3.63) is 46.4 Å². The minimum atomic E-state index is -0.980. The molecule has 2 aromatic rings. The molecule has 0 saturated heterocycles. The van der Waals surface area contributed by atoms with Crippen molar-refractivity contribution in [2.24, 2.45) is 0 Å². The van der Waals surface area contributed by atoms with Crippen LogP contribution in [-0.2, 0) is 4.79 Å². The molecule has 0 bridgehead atoms. The number of rotatable bonds is 3. The van der Waals surface area contributed by atoms with Crippen molar-refractivity contribution < 1.29 is 9.90 Å². The lowest BCUT2D eigenvalue weighted by Gasteiger charge is -2.14. The van der Waals surface area contributed by atoms with E-state index in [1.54, 1.807) is 25.3 Å². The summed E-state index contributed by atoms with van der Waals surface area (Å²) in [6.45, 7) is 3.71. The zero-order chi connectivity index (χ0) is 13.3. The van der Waals surface area contributed by atoms with E-state index in [1.165, 1.54) is 4.57 Å². The number of fused-ring (bicyclic) bond motifs is 1. The molecule has 2 rings (SSSR count). The van der Waals surface area contributed by atoms with Crippen molar-refractivity contribution in [3.63, 3.8) is 0 Å². The van der Waals surface area contributed by atoms with Gasteiger partial charge in [0.2, 0.25) is 0 Å². The summed E-state index contributed by atoms with van der Waals surface area (Å²) in [5, 5.41) is 10.5. The molecule has 0 amide bonds. The lowest BCUT2D eigenvalue weighted by molar-refractivity contribution is -0.141. The van der Waals surface area contributed by atoms with E-state index >= 15 is 0 Å². The maximum atomic E-state index is 12.2. The molecular formula is C14H15NO3. The number of hydrogen-bond acceptors (Lipinski definition) is 2. The average molecular weight is 245 g/mol. The molecule has 0 aliphatic carbocycles. The van der Waals surface area contributed by atoms with Gasteiger partial charge in [-0.2, -0.15) is 0 Å². The van der Waals surface area contributed by atoms with E-state index < -0.39 is 12.0 Å². The fourth-order valence-electron chi connectivity index (χ4n) is 2.12. The zero-order valence-electron chi connectivity index (χ0n) is 10.4. The fraction of sp³-hybridized carbons (Fsp3) is 0.286. The number of aryl methyl sites for hydroxylation is 1. The van der Waals surface area contributed by atoms with E-state index in [4.69, 9.17) is 5.11 Å². The van der Waals surface area contributed by atoms with Gasteiger partial charge in [0.15, 0.2) is 0 Å². The van der Waals surface area contributed by atoms with Crippen LogP contribution in [0.4, 0.5) is 0 Å². The number of aliphatic carboxylic acids is 1. The van der Waals surface area contributed by atoms with Crippen molar-refractivity contribution in [1.82, 2.24) is 4.57 Å². The Hall–Kier alpha value is -2.10. The van der Waals surface area contributed by atoms with Crippen LogP contribution in [0.2, 0.25) is 0 Å². The predicted octanol–water partition coefficient (Wildman–Crippen LogP) is 2.35. The van der Waals surface area contributed by atoms with Crippen LogP contribution < -0.4 is 5.56 Å². The summed E-state index contributed by atoms with van der Waals surface area (Å²) < 4.78 is 1.29. The third-order valence-corrected chi connectivity index (χ3v) is 3.09. The van der Waals surface area contributed by atoms with Gasteiger partial charge in [-0.1, -0.05) is 24.6 Å². The summed E-state index contributed by atoms with van der Waals surface area (Å²) >= 11 is 0. The Morgan fingerprint density at radius 3 is 2.72 bits per heavy atom. The Bertz CT molecular complexity index is 658. The molecule has 18 heavy (non-hydrogen) atoms. The highest BCUT2D eigenvalue weighted by molar-refractivity contribution is 5.82. The largest absolute Gasteiger partial charge is 0.480 e. The predicted molar refractivity (Wildman–Crippen MR) is 69.9 cm³/mol. The maximum Gasteiger partial charge on any atom is 0.326 e. The summed E-state index contributed by atoms with van der Waals surface area (Å²) in [7, 11) is 0. The van der Waals surface area contributed by atoms with Crippen LogP contribution in [0, 0.1) is 6.92 Å². The molecule has 1 atom stereocenters. The van der Waals surface area contributed by atoms with Crippen LogP contribution in [0.15, 0.2) is 35.3 Å². The van der Waals surface area contributed by atoms with Gasteiger partial charge in [0.1, 0.15) is 6.04 Å². The van der Waals surface area contributed by atoms with E-state index in [9.17, 15) is 9.59 Å². The first kappa shape index (κ1) is 12.4. The van der Waals surface area contributed by atoms with Crippen LogP contribution in [0.5, 0.6) is 0 Å². The quantitative estimate of drug-likeness (QED) is 0.902. The number of pyridine rings is 1. The van der Waals surface area contributed by atoms with Gasteiger partial charge in [0.25, 0.3) is 5.56 Å². The Morgan fingerprint density at radius 2 is 2.11 bits per heavy atom. The SMILES string of the molecule is CCC(C(=O)O)n1ccc2cc(C)ccc2c1=O. The van der Waals surface area contributed by atoms with Crippen molar-refractivity contribution in [2.75, 3.05) is 0 Å². The van der Waals surface area contributed by atoms with Crippen molar-refractivity contribution in [3.8, 4) is 0 Å². The normalized spacial score (nSPS) is 12.6. The summed E-state index contributed by atoms with van der Waals surface area (Å²) in [5.74, 6) is -0.980. The third kappa shape index (κ3) is 2.01. The van der Waals surface area contributed by atoms with E-state index in [2.05, 4.69) is 0 Å². The molecule has 1 aromatic carbocycles. The average Bonchev–Trinajstić information content (AvgIpc) is 2.32. The molecular weight excluding hydrogens is 230 g/mol. The molecule has 1 heterocycles. The molecule has 0 spiro atoms. The van der Waals surface area contributed by atoms with Gasteiger partial charge in [-0.05, 0) is 30.9 Å². The fourth-order valence-corrected chi connectivity index (χ4v) is 2.12. The lowest BCUT2D eigenvalue weighted by Crippen LogP contribution is -2.29. The van der Waals surface area contributed by atoms with Gasteiger partial charge >= 0.3 is 5.97 Å². The first-order valence-corrected chi connectivity index (χ1v) is 5.89. The monoisotopic (exact) mass is 245 g/mol. The van der Waals surface area contributed by atoms with Crippen molar-refractivity contribution >= 4 is 16.7 Å². The Morgan fingerprint density at radius 1 is 1.39 bits per heavy atom. The molecule has 0 fully saturated rings. The summed E-state index contributed by atoms with van der Waals surface area (Å²) in [6.07, 6.45) is 1.94. The molecule has 4 heteroatoms. The molecule has 0 saturated carbocycles. The number of carboxylic acid groups (broad SMARTS) is 1.